The molecule has 0 aliphatic carbocycles. The van der Waals surface area contributed by atoms with E-state index in [4.69, 9.17) is 0 Å². The van der Waals surface area contributed by atoms with Crippen molar-refractivity contribution < 1.29 is 0 Å². The van der Waals surface area contributed by atoms with Crippen molar-refractivity contribution in [1.29, 1.82) is 0 Å². The van der Waals surface area contributed by atoms with Gasteiger partial charge in [-0.05, 0) is 42.0 Å². The summed E-state index contributed by atoms with van der Waals surface area (Å²) < 4.78 is 0. The van der Waals surface area contributed by atoms with E-state index in [1.807, 2.05) is 48.5 Å². The summed E-state index contributed by atoms with van der Waals surface area (Å²) in [5.74, 6) is 0. The average Bonchev–Trinajstić information content (AvgIpc) is 2.92. The van der Waals surface area contributed by atoms with Crippen molar-refractivity contribution in [3.8, 4) is 0 Å². The summed E-state index contributed by atoms with van der Waals surface area (Å²) in [7, 11) is 0. The largest absolute Gasteiger partial charge is 0.323 e. The van der Waals surface area contributed by atoms with Gasteiger partial charge in [0.05, 0.1) is 22.2 Å². The number of pyridine rings is 1. The van der Waals surface area contributed by atoms with E-state index < -0.39 is 0 Å². The van der Waals surface area contributed by atoms with Crippen molar-refractivity contribution in [3.63, 3.8) is 0 Å². The number of nitrogens with one attached hydrogen (secondary N) is 2. The van der Waals surface area contributed by atoms with Crippen molar-refractivity contribution in [2.45, 2.75) is 0 Å². The van der Waals surface area contributed by atoms with Gasteiger partial charge in [-0.3, -0.25) is 9.98 Å². The Morgan fingerprint density at radius 3 is 2.86 bits per heavy atom. The van der Waals surface area contributed by atoms with Crippen LogP contribution in [0.5, 0.6) is 0 Å². The monoisotopic (exact) mass is 288 g/mol. The SMILES string of the molecule is O=c1[nH]c2ccc(N=Cc3ccc4ncccc4c3)cc2[nH]1. The van der Waals surface area contributed by atoms with E-state index in [2.05, 4.69) is 19.9 Å². The molecule has 0 amide bonds. The highest BCUT2D eigenvalue weighted by atomic mass is 16.1. The summed E-state index contributed by atoms with van der Waals surface area (Å²) >= 11 is 0. The van der Waals surface area contributed by atoms with Crippen molar-refractivity contribution >= 4 is 33.8 Å². The number of aromatic nitrogens is 3. The molecule has 2 N–H and O–H groups in total. The smallest absolute Gasteiger partial charge is 0.306 e. The van der Waals surface area contributed by atoms with Crippen LogP contribution in [0.2, 0.25) is 0 Å². The fourth-order valence-corrected chi connectivity index (χ4v) is 2.42. The van der Waals surface area contributed by atoms with Gasteiger partial charge in [0.1, 0.15) is 0 Å². The fourth-order valence-electron chi connectivity index (χ4n) is 2.42. The Bertz CT molecular complexity index is 1060. The minimum atomic E-state index is -0.210. The van der Waals surface area contributed by atoms with Crippen LogP contribution in [-0.2, 0) is 0 Å². The maximum Gasteiger partial charge on any atom is 0.323 e. The normalized spacial score (nSPS) is 11.6. The van der Waals surface area contributed by atoms with Gasteiger partial charge in [-0.15, -0.1) is 0 Å². The fraction of sp³-hybridized carbons (Fsp3) is 0. The average molecular weight is 288 g/mol. The van der Waals surface area contributed by atoms with E-state index in [1.54, 1.807) is 12.4 Å². The van der Waals surface area contributed by atoms with Crippen LogP contribution in [0.15, 0.2) is 64.5 Å². The van der Waals surface area contributed by atoms with E-state index in [-0.39, 0.29) is 5.69 Å². The molecule has 2 aromatic carbocycles. The van der Waals surface area contributed by atoms with E-state index in [0.717, 1.165) is 33.2 Å². The number of aliphatic imine (C=N–C) groups is 1. The zero-order valence-corrected chi connectivity index (χ0v) is 11.6. The van der Waals surface area contributed by atoms with Gasteiger partial charge in [0, 0.05) is 17.8 Å². The van der Waals surface area contributed by atoms with Crippen molar-refractivity contribution in [2.75, 3.05) is 0 Å². The summed E-state index contributed by atoms with van der Waals surface area (Å²) in [6, 6.07) is 15.5. The van der Waals surface area contributed by atoms with Crippen LogP contribution >= 0.6 is 0 Å². The number of nitrogens with zero attached hydrogens (tertiary/aromatic N) is 2. The van der Waals surface area contributed by atoms with Crippen molar-refractivity contribution in [2.24, 2.45) is 4.99 Å². The van der Waals surface area contributed by atoms with E-state index in [9.17, 15) is 4.79 Å². The molecule has 0 bridgehead atoms. The number of benzene rings is 2. The molecule has 22 heavy (non-hydrogen) atoms. The number of aromatic amines is 2. The Morgan fingerprint density at radius 1 is 1.00 bits per heavy atom. The molecule has 0 atom stereocenters. The Labute approximate surface area is 125 Å². The molecule has 106 valence electrons. The molecule has 4 rings (SSSR count). The van der Waals surface area contributed by atoms with Crippen LogP contribution in [0.3, 0.4) is 0 Å². The lowest BCUT2D eigenvalue weighted by Crippen LogP contribution is -1.99. The van der Waals surface area contributed by atoms with E-state index in [1.165, 1.54) is 0 Å². The number of hydrogen-bond acceptors (Lipinski definition) is 3. The van der Waals surface area contributed by atoms with Crippen LogP contribution in [0.25, 0.3) is 21.9 Å². The van der Waals surface area contributed by atoms with Crippen LogP contribution < -0.4 is 5.69 Å². The third kappa shape index (κ3) is 2.29. The Morgan fingerprint density at radius 2 is 1.91 bits per heavy atom. The van der Waals surface area contributed by atoms with Gasteiger partial charge in [0.2, 0.25) is 0 Å². The maximum absolute atomic E-state index is 11.2. The number of H-pyrrole nitrogens is 2. The van der Waals surface area contributed by atoms with E-state index in [0.29, 0.717) is 0 Å². The second kappa shape index (κ2) is 4.96. The predicted octanol–water partition coefficient (Wildman–Crippen LogP) is 3.16. The van der Waals surface area contributed by atoms with Crippen LogP contribution in [0.1, 0.15) is 5.56 Å². The van der Waals surface area contributed by atoms with Gasteiger partial charge in [-0.1, -0.05) is 12.1 Å². The highest BCUT2D eigenvalue weighted by Gasteiger charge is 1.99. The quantitative estimate of drug-likeness (QED) is 0.556. The summed E-state index contributed by atoms with van der Waals surface area (Å²) in [5, 5.41) is 1.08. The number of imidazole rings is 1. The van der Waals surface area contributed by atoms with Gasteiger partial charge in [0.15, 0.2) is 0 Å². The number of hydrogen-bond donors (Lipinski definition) is 2. The molecule has 4 aromatic rings. The third-order valence-corrected chi connectivity index (χ3v) is 3.49. The third-order valence-electron chi connectivity index (χ3n) is 3.49. The molecule has 0 fully saturated rings. The lowest BCUT2D eigenvalue weighted by atomic mass is 10.1. The van der Waals surface area contributed by atoms with Crippen molar-refractivity contribution in [1.82, 2.24) is 15.0 Å². The Kier molecular flexibility index (Phi) is 2.83. The molecule has 2 heterocycles. The molecule has 0 saturated carbocycles. The molecule has 5 nitrogen and oxygen atoms in total. The molecule has 0 unspecified atom stereocenters. The lowest BCUT2D eigenvalue weighted by molar-refractivity contribution is 1.21. The Balaban J connectivity index is 1.69. The number of fused-ring (bicyclic) bond motifs is 2. The van der Waals surface area contributed by atoms with Gasteiger partial charge >= 0.3 is 5.69 Å². The second-order valence-electron chi connectivity index (χ2n) is 5.02. The van der Waals surface area contributed by atoms with E-state index >= 15 is 0 Å². The summed E-state index contributed by atoms with van der Waals surface area (Å²) in [6.45, 7) is 0. The first-order valence-corrected chi connectivity index (χ1v) is 6.89. The molecule has 0 aliphatic heterocycles. The molecule has 0 radical (unpaired) electrons. The Hall–Kier alpha value is -3.21. The predicted molar refractivity (Wildman–Crippen MR) is 87.9 cm³/mol. The van der Waals surface area contributed by atoms with Crippen LogP contribution in [0, 0.1) is 0 Å². The van der Waals surface area contributed by atoms with Crippen LogP contribution in [-0.4, -0.2) is 21.2 Å². The molecule has 0 aliphatic rings. The summed E-state index contributed by atoms with van der Waals surface area (Å²) in [5.41, 5.74) is 4.07. The molecule has 0 saturated heterocycles. The maximum atomic E-state index is 11.2. The first kappa shape index (κ1) is 12.5. The molecule has 5 heteroatoms. The van der Waals surface area contributed by atoms with Gasteiger partial charge < -0.3 is 9.97 Å². The topological polar surface area (TPSA) is 73.9 Å². The van der Waals surface area contributed by atoms with Gasteiger partial charge in [-0.25, -0.2) is 4.79 Å². The summed E-state index contributed by atoms with van der Waals surface area (Å²) in [6.07, 6.45) is 3.58. The standard InChI is InChI=1S/C17H12N4O/c22-17-20-15-6-4-13(9-16(15)21-17)19-10-11-3-5-14-12(8-11)2-1-7-18-14/h1-10H,(H2,20,21,22). The molecular weight excluding hydrogens is 276 g/mol. The highest BCUT2D eigenvalue weighted by Crippen LogP contribution is 2.18. The number of rotatable bonds is 2. The zero-order chi connectivity index (χ0) is 14.9. The van der Waals surface area contributed by atoms with Crippen molar-refractivity contribution in [3.05, 3.63) is 70.8 Å². The van der Waals surface area contributed by atoms with Gasteiger partial charge in [-0.2, -0.15) is 0 Å². The lowest BCUT2D eigenvalue weighted by Gasteiger charge is -1.98. The first-order valence-electron chi connectivity index (χ1n) is 6.89. The molecular formula is C17H12N4O. The molecule has 0 spiro atoms. The van der Waals surface area contributed by atoms with Gasteiger partial charge in [0.25, 0.3) is 0 Å². The second-order valence-corrected chi connectivity index (χ2v) is 5.02. The van der Waals surface area contributed by atoms with Crippen LogP contribution in [0.4, 0.5) is 5.69 Å². The summed E-state index contributed by atoms with van der Waals surface area (Å²) in [4.78, 5) is 25.4. The minimum absolute atomic E-state index is 0.210. The highest BCUT2D eigenvalue weighted by molar-refractivity contribution is 5.90. The minimum Gasteiger partial charge on any atom is -0.306 e. The first-order chi connectivity index (χ1) is 10.8. The zero-order valence-electron chi connectivity index (χ0n) is 11.6. The molecule has 2 aromatic heterocycles.